The van der Waals surface area contributed by atoms with Gasteiger partial charge >= 0.3 is 18.0 Å². The van der Waals surface area contributed by atoms with Crippen LogP contribution in [0.25, 0.3) is 0 Å². The van der Waals surface area contributed by atoms with E-state index in [0.717, 1.165) is 43.5 Å². The number of hydrogen-bond acceptors (Lipinski definition) is 7. The van der Waals surface area contributed by atoms with Gasteiger partial charge in [-0.15, -0.1) is 12.4 Å². The van der Waals surface area contributed by atoms with E-state index < -0.39 is 5.60 Å². The van der Waals surface area contributed by atoms with Crippen molar-refractivity contribution in [1.82, 2.24) is 10.2 Å². The molecule has 0 spiro atoms. The summed E-state index contributed by atoms with van der Waals surface area (Å²) in [7, 11) is 2.83. The number of nitrogens with one attached hydrogen (secondary N) is 1. The number of carbonyl (C=O) groups excluding carboxylic acids is 3. The number of esters is 2. The Labute approximate surface area is 256 Å². The van der Waals surface area contributed by atoms with Crippen LogP contribution in [-0.2, 0) is 36.6 Å². The highest BCUT2D eigenvalue weighted by atomic mass is 35.5. The second kappa shape index (κ2) is 17.1. The molecule has 0 aliphatic carbocycles. The monoisotopic (exact) mass is 602 g/mol. The Balaban J connectivity index is 0.000000302. The number of amides is 1. The Kier molecular flexibility index (Phi) is 14.3. The van der Waals surface area contributed by atoms with Gasteiger partial charge in [0.15, 0.2) is 0 Å². The van der Waals surface area contributed by atoms with E-state index >= 15 is 0 Å². The quantitative estimate of drug-likeness (QED) is 0.272. The number of halogens is 1. The predicted octanol–water partition coefficient (Wildman–Crippen LogP) is 6.50. The first-order valence-corrected chi connectivity index (χ1v) is 14.6. The second-order valence-corrected chi connectivity index (χ2v) is 11.6. The van der Waals surface area contributed by atoms with Crippen molar-refractivity contribution >= 4 is 30.4 Å². The summed E-state index contributed by atoms with van der Waals surface area (Å²) in [6.45, 7) is 7.49. The van der Waals surface area contributed by atoms with E-state index in [4.69, 9.17) is 4.74 Å². The number of carbonyl (C=O) groups is 3. The summed E-state index contributed by atoms with van der Waals surface area (Å²) in [6.07, 6.45) is 6.41. The van der Waals surface area contributed by atoms with Gasteiger partial charge in [-0.05, 0) is 88.1 Å². The first-order chi connectivity index (χ1) is 19.6. The summed E-state index contributed by atoms with van der Waals surface area (Å²) in [5, 5.41) is 3.48. The molecule has 4 rings (SSSR count). The summed E-state index contributed by atoms with van der Waals surface area (Å²) in [5.41, 5.74) is 4.26. The predicted molar refractivity (Wildman–Crippen MR) is 166 cm³/mol. The molecule has 0 unspecified atom stereocenters. The van der Waals surface area contributed by atoms with E-state index in [-0.39, 0.29) is 36.5 Å². The number of rotatable bonds is 8. The Morgan fingerprint density at radius 3 is 1.79 bits per heavy atom. The van der Waals surface area contributed by atoms with Gasteiger partial charge in [-0.25, -0.2) is 4.79 Å². The van der Waals surface area contributed by atoms with Crippen LogP contribution in [0, 0.1) is 0 Å². The van der Waals surface area contributed by atoms with Crippen molar-refractivity contribution in [1.29, 1.82) is 0 Å². The fourth-order valence-corrected chi connectivity index (χ4v) is 5.14. The Morgan fingerprint density at radius 1 is 0.810 bits per heavy atom. The average Bonchev–Trinajstić information content (AvgIpc) is 3.68. The highest BCUT2D eigenvalue weighted by Crippen LogP contribution is 2.33. The van der Waals surface area contributed by atoms with Gasteiger partial charge in [0.1, 0.15) is 5.60 Å². The lowest BCUT2D eigenvalue weighted by Gasteiger charge is -2.29. The summed E-state index contributed by atoms with van der Waals surface area (Å²) in [6, 6.07) is 17.2. The zero-order valence-electron chi connectivity index (χ0n) is 25.6. The van der Waals surface area contributed by atoms with Crippen LogP contribution in [0.2, 0.25) is 0 Å². The number of benzene rings is 2. The van der Waals surface area contributed by atoms with Crippen LogP contribution in [0.1, 0.15) is 93.6 Å². The Hall–Kier alpha value is -3.10. The Bertz CT molecular complexity index is 1120. The fraction of sp³-hybridized carbons (Fsp3) is 0.545. The zero-order chi connectivity index (χ0) is 29.8. The van der Waals surface area contributed by atoms with E-state index in [9.17, 15) is 14.4 Å². The van der Waals surface area contributed by atoms with Crippen LogP contribution < -0.4 is 5.32 Å². The minimum Gasteiger partial charge on any atom is -0.469 e. The lowest BCUT2D eigenvalue weighted by molar-refractivity contribution is -0.141. The molecule has 0 radical (unpaired) electrons. The van der Waals surface area contributed by atoms with E-state index in [1.54, 1.807) is 0 Å². The van der Waals surface area contributed by atoms with Gasteiger partial charge in [0, 0.05) is 25.4 Å². The number of nitrogens with zero attached hydrogens (tertiary/aromatic N) is 1. The molecule has 2 heterocycles. The standard InChI is InChI=1S/C19H27NO4.C14H19NO2.ClH/c1-19(2,3)24-18(22)20-13-5-6-16(20)15-10-7-14(8-11-15)9-12-17(21)23-4;1-17-14(16)9-6-11-4-7-12(8-5-11)13-3-2-10-15-13;/h7-8,10-11,16H,5-6,9,12-13H2,1-4H3;4-5,7-8,13,15H,2-3,6,9-10H2,1H3;1H/t16-;13-;/m11./s1. The summed E-state index contributed by atoms with van der Waals surface area (Å²) < 4.78 is 14.8. The minimum absolute atomic E-state index is 0. The van der Waals surface area contributed by atoms with Crippen molar-refractivity contribution in [2.75, 3.05) is 27.3 Å². The van der Waals surface area contributed by atoms with Gasteiger partial charge in [0.05, 0.1) is 20.3 Å². The van der Waals surface area contributed by atoms with Gasteiger partial charge in [-0.1, -0.05) is 48.5 Å². The lowest BCUT2D eigenvalue weighted by Crippen LogP contribution is -2.36. The van der Waals surface area contributed by atoms with E-state index in [0.29, 0.717) is 25.3 Å². The third-order valence-electron chi connectivity index (χ3n) is 7.38. The smallest absolute Gasteiger partial charge is 0.410 e. The number of methoxy groups -OCH3 is 2. The SMILES string of the molecule is COC(=O)CCc1ccc([C@H]2CCCN2)cc1.COC(=O)CCc1ccc([C@H]2CCCN2C(=O)OC(C)(C)C)cc1.Cl. The molecule has 0 bridgehead atoms. The van der Waals surface area contributed by atoms with Crippen molar-refractivity contribution < 1.29 is 28.6 Å². The molecule has 0 saturated carbocycles. The summed E-state index contributed by atoms with van der Waals surface area (Å²) in [4.78, 5) is 36.4. The normalized spacial score (nSPS) is 17.9. The van der Waals surface area contributed by atoms with E-state index in [2.05, 4.69) is 39.1 Å². The molecule has 1 N–H and O–H groups in total. The number of likely N-dealkylation sites (tertiary alicyclic amines) is 1. The molecule has 2 atom stereocenters. The minimum atomic E-state index is -0.484. The topological polar surface area (TPSA) is 94.2 Å². The van der Waals surface area contributed by atoms with Crippen LogP contribution in [0.15, 0.2) is 48.5 Å². The van der Waals surface area contributed by atoms with Gasteiger partial charge in [0.25, 0.3) is 0 Å². The first-order valence-electron chi connectivity index (χ1n) is 14.6. The van der Waals surface area contributed by atoms with Crippen molar-refractivity contribution in [3.63, 3.8) is 0 Å². The van der Waals surface area contributed by atoms with Crippen molar-refractivity contribution in [3.8, 4) is 0 Å². The molecule has 2 saturated heterocycles. The van der Waals surface area contributed by atoms with Crippen LogP contribution in [0.3, 0.4) is 0 Å². The zero-order valence-corrected chi connectivity index (χ0v) is 26.5. The first kappa shape index (κ1) is 35.1. The molecule has 42 heavy (non-hydrogen) atoms. The third kappa shape index (κ3) is 11.3. The molecule has 2 aromatic rings. The molecule has 232 valence electrons. The van der Waals surface area contributed by atoms with Crippen molar-refractivity contribution in [3.05, 3.63) is 70.8 Å². The molecule has 2 fully saturated rings. The van der Waals surface area contributed by atoms with Crippen LogP contribution >= 0.6 is 12.4 Å². The molecule has 2 aliphatic rings. The lowest BCUT2D eigenvalue weighted by atomic mass is 10.0. The maximum absolute atomic E-state index is 12.4. The van der Waals surface area contributed by atoms with Crippen LogP contribution in [0.5, 0.6) is 0 Å². The fourth-order valence-electron chi connectivity index (χ4n) is 5.14. The van der Waals surface area contributed by atoms with Crippen LogP contribution in [0.4, 0.5) is 4.79 Å². The summed E-state index contributed by atoms with van der Waals surface area (Å²) >= 11 is 0. The second-order valence-electron chi connectivity index (χ2n) is 11.6. The van der Waals surface area contributed by atoms with Crippen molar-refractivity contribution in [2.24, 2.45) is 0 Å². The van der Waals surface area contributed by atoms with Crippen LogP contribution in [-0.4, -0.2) is 55.8 Å². The number of aryl methyl sites for hydroxylation is 2. The molecular formula is C33H47ClN2O6. The molecular weight excluding hydrogens is 556 g/mol. The van der Waals surface area contributed by atoms with Gasteiger partial charge in [0.2, 0.25) is 0 Å². The number of hydrogen-bond donors (Lipinski definition) is 1. The molecule has 2 aromatic carbocycles. The molecule has 9 heteroatoms. The number of ether oxygens (including phenoxy) is 3. The highest BCUT2D eigenvalue weighted by molar-refractivity contribution is 5.85. The largest absolute Gasteiger partial charge is 0.469 e. The average molecular weight is 603 g/mol. The maximum Gasteiger partial charge on any atom is 0.410 e. The maximum atomic E-state index is 12.4. The van der Waals surface area contributed by atoms with Crippen molar-refractivity contribution in [2.45, 2.75) is 89.8 Å². The van der Waals surface area contributed by atoms with Gasteiger partial charge < -0.3 is 24.4 Å². The molecule has 8 nitrogen and oxygen atoms in total. The van der Waals surface area contributed by atoms with E-state index in [1.807, 2.05) is 49.9 Å². The molecule has 2 aliphatic heterocycles. The van der Waals surface area contributed by atoms with Gasteiger partial charge in [-0.3, -0.25) is 9.59 Å². The van der Waals surface area contributed by atoms with E-state index in [1.165, 1.54) is 38.2 Å². The molecule has 1 amide bonds. The Morgan fingerprint density at radius 2 is 1.33 bits per heavy atom. The summed E-state index contributed by atoms with van der Waals surface area (Å²) in [5.74, 6) is -0.350. The molecule has 0 aromatic heterocycles. The van der Waals surface area contributed by atoms with Gasteiger partial charge in [-0.2, -0.15) is 0 Å². The highest BCUT2D eigenvalue weighted by Gasteiger charge is 2.33. The third-order valence-corrected chi connectivity index (χ3v) is 7.38.